The third-order valence-electron chi connectivity index (χ3n) is 4.55. The van der Waals surface area contributed by atoms with Gasteiger partial charge in [-0.3, -0.25) is 0 Å². The molecule has 1 aromatic heterocycles. The Balaban J connectivity index is 0.000000784. The first-order chi connectivity index (χ1) is 16.6. The number of nitrogen functional groups attached to an aromatic ring is 1. The van der Waals surface area contributed by atoms with Crippen molar-refractivity contribution in [1.29, 1.82) is 5.41 Å². The molecule has 0 aliphatic rings. The molecule has 0 aliphatic carbocycles. The van der Waals surface area contributed by atoms with Gasteiger partial charge >= 0.3 is 6.18 Å². The smallest absolute Gasteiger partial charge is 0.386 e. The van der Waals surface area contributed by atoms with Crippen LogP contribution in [0.2, 0.25) is 0 Å². The molecule has 12 heteroatoms. The predicted molar refractivity (Wildman–Crippen MR) is 136 cm³/mol. The van der Waals surface area contributed by atoms with Crippen LogP contribution < -0.4 is 21.7 Å². The zero-order chi connectivity index (χ0) is 26.0. The van der Waals surface area contributed by atoms with E-state index in [1.165, 1.54) is 6.21 Å². The van der Waals surface area contributed by atoms with E-state index in [1.54, 1.807) is 25.4 Å². The summed E-state index contributed by atoms with van der Waals surface area (Å²) in [7, 11) is 1.64. The summed E-state index contributed by atoms with van der Waals surface area (Å²) in [6.45, 7) is 1.62. The highest BCUT2D eigenvalue weighted by Crippen LogP contribution is 2.30. The fourth-order valence-corrected chi connectivity index (χ4v) is 3.31. The number of ether oxygens (including phenoxy) is 1. The maximum Gasteiger partial charge on any atom is 0.386 e. The van der Waals surface area contributed by atoms with Gasteiger partial charge in [0, 0.05) is 61.4 Å². The van der Waals surface area contributed by atoms with E-state index in [2.05, 4.69) is 27.9 Å². The Kier molecular flexibility index (Phi) is 10.3. The second-order valence-electron chi connectivity index (χ2n) is 7.26. The summed E-state index contributed by atoms with van der Waals surface area (Å²) in [6, 6.07) is 13.0. The van der Waals surface area contributed by atoms with E-state index in [0.717, 1.165) is 21.8 Å². The van der Waals surface area contributed by atoms with Crippen molar-refractivity contribution in [3.05, 3.63) is 59.8 Å². The number of thiol groups is 1. The van der Waals surface area contributed by atoms with Gasteiger partial charge in [-0.25, -0.2) is 4.98 Å². The van der Waals surface area contributed by atoms with Gasteiger partial charge in [-0.2, -0.15) is 18.2 Å². The molecule has 0 amide bonds. The third-order valence-corrected chi connectivity index (χ3v) is 4.97. The minimum Gasteiger partial charge on any atom is -0.398 e. The van der Waals surface area contributed by atoms with Crippen LogP contribution in [0.3, 0.4) is 0 Å². The molecule has 8 nitrogen and oxygen atoms in total. The minimum atomic E-state index is -4.00. The summed E-state index contributed by atoms with van der Waals surface area (Å²) in [5.74, 6) is 1.09. The number of nitrogens with one attached hydrogen (secondary N) is 2. The lowest BCUT2D eigenvalue weighted by atomic mass is 10.1. The van der Waals surface area contributed by atoms with Crippen LogP contribution in [0.25, 0.3) is 0 Å². The number of nitrogens with two attached hydrogens (primary N) is 2. The standard InChI is InChI=1S/C21H25N7OS.C2H3F3/c1-29-10-9-28(18-4-2-3-17(24)16(18)13-23)20-7-8-25-21(27-20)26-15-6-5-14(12-22)19(30)11-15;1-2(3,4)5/h2-8,11,13,23,30H,9-10,12,22,24H2,1H3,(H,25,26,27);1H3. The van der Waals surface area contributed by atoms with Gasteiger partial charge < -0.3 is 31.8 Å². The summed E-state index contributed by atoms with van der Waals surface area (Å²) in [5.41, 5.74) is 15.5. The third kappa shape index (κ3) is 8.74. The molecule has 35 heavy (non-hydrogen) atoms. The molecule has 3 aromatic rings. The Hall–Kier alpha value is -3.35. The molecule has 6 N–H and O–H groups in total. The fourth-order valence-electron chi connectivity index (χ4n) is 3.01. The molecule has 0 fully saturated rings. The van der Waals surface area contributed by atoms with Crippen molar-refractivity contribution in [2.75, 3.05) is 36.2 Å². The van der Waals surface area contributed by atoms with Gasteiger partial charge in [-0.15, -0.1) is 12.6 Å². The number of anilines is 5. The monoisotopic (exact) mass is 507 g/mol. The number of benzene rings is 2. The van der Waals surface area contributed by atoms with E-state index >= 15 is 0 Å². The summed E-state index contributed by atoms with van der Waals surface area (Å²) >= 11 is 4.47. The molecular formula is C23H28F3N7OS. The summed E-state index contributed by atoms with van der Waals surface area (Å²) in [5, 5.41) is 11.0. The number of rotatable bonds is 9. The van der Waals surface area contributed by atoms with Crippen molar-refractivity contribution in [3.63, 3.8) is 0 Å². The molecule has 1 heterocycles. The summed E-state index contributed by atoms with van der Waals surface area (Å²) < 4.78 is 36.3. The van der Waals surface area contributed by atoms with Crippen molar-refractivity contribution in [2.24, 2.45) is 5.73 Å². The van der Waals surface area contributed by atoms with Crippen molar-refractivity contribution in [3.8, 4) is 0 Å². The molecule has 0 saturated heterocycles. The number of aromatic nitrogens is 2. The highest BCUT2D eigenvalue weighted by Gasteiger charge is 2.17. The van der Waals surface area contributed by atoms with Crippen molar-refractivity contribution in [1.82, 2.24) is 9.97 Å². The molecular weight excluding hydrogens is 479 g/mol. The lowest BCUT2D eigenvalue weighted by molar-refractivity contribution is -0.110. The van der Waals surface area contributed by atoms with Gasteiger partial charge in [0.05, 0.1) is 12.3 Å². The van der Waals surface area contributed by atoms with Crippen molar-refractivity contribution >= 4 is 47.7 Å². The zero-order valence-electron chi connectivity index (χ0n) is 19.3. The van der Waals surface area contributed by atoms with Crippen LogP contribution in [0.1, 0.15) is 18.1 Å². The molecule has 0 spiro atoms. The van der Waals surface area contributed by atoms with Gasteiger partial charge in [-0.1, -0.05) is 12.1 Å². The summed E-state index contributed by atoms with van der Waals surface area (Å²) in [4.78, 5) is 11.7. The SMILES string of the molecule is CC(F)(F)F.COCCN(c1ccnc(Nc2ccc(CN)c(S)c2)n1)c1cccc(N)c1C=N. The molecule has 0 bridgehead atoms. The van der Waals surface area contributed by atoms with Gasteiger partial charge in [0.1, 0.15) is 5.82 Å². The van der Waals surface area contributed by atoms with Crippen molar-refractivity contribution in [2.45, 2.75) is 24.5 Å². The minimum absolute atomic E-state index is 0.188. The second-order valence-corrected chi connectivity index (χ2v) is 7.74. The highest BCUT2D eigenvalue weighted by atomic mass is 32.1. The van der Waals surface area contributed by atoms with Crippen LogP contribution in [0.4, 0.5) is 42.0 Å². The van der Waals surface area contributed by atoms with E-state index in [0.29, 0.717) is 42.7 Å². The maximum absolute atomic E-state index is 10.4. The average molecular weight is 508 g/mol. The van der Waals surface area contributed by atoms with Crippen LogP contribution in [0.15, 0.2) is 53.6 Å². The maximum atomic E-state index is 10.4. The Bertz CT molecular complexity index is 1120. The Morgan fingerprint density at radius 1 is 1.23 bits per heavy atom. The quantitative estimate of drug-likeness (QED) is 0.158. The fraction of sp³-hybridized carbons (Fsp3) is 0.261. The van der Waals surface area contributed by atoms with E-state index < -0.39 is 6.18 Å². The Labute approximate surface area is 207 Å². The summed E-state index contributed by atoms with van der Waals surface area (Å²) in [6.07, 6.45) is -1.07. The largest absolute Gasteiger partial charge is 0.398 e. The number of halogens is 3. The highest BCUT2D eigenvalue weighted by molar-refractivity contribution is 7.80. The number of methoxy groups -OCH3 is 1. The van der Waals surface area contributed by atoms with Crippen molar-refractivity contribution < 1.29 is 17.9 Å². The van der Waals surface area contributed by atoms with Gasteiger partial charge in [0.25, 0.3) is 0 Å². The van der Waals surface area contributed by atoms with Crippen LogP contribution in [-0.2, 0) is 11.3 Å². The lowest BCUT2D eigenvalue weighted by Gasteiger charge is -2.26. The predicted octanol–water partition coefficient (Wildman–Crippen LogP) is 4.90. The van der Waals surface area contributed by atoms with Crippen LogP contribution >= 0.6 is 12.6 Å². The topological polar surface area (TPSA) is 126 Å². The van der Waals surface area contributed by atoms with Crippen LogP contribution in [0, 0.1) is 5.41 Å². The number of alkyl halides is 3. The molecule has 188 valence electrons. The van der Waals surface area contributed by atoms with E-state index in [1.807, 2.05) is 35.2 Å². The van der Waals surface area contributed by atoms with E-state index in [9.17, 15) is 13.2 Å². The van der Waals surface area contributed by atoms with E-state index in [-0.39, 0.29) is 6.92 Å². The number of nitrogens with zero attached hydrogens (tertiary/aromatic N) is 3. The molecule has 2 aromatic carbocycles. The molecule has 0 saturated carbocycles. The average Bonchev–Trinajstić information content (AvgIpc) is 2.79. The van der Waals surface area contributed by atoms with Gasteiger partial charge in [0.15, 0.2) is 0 Å². The Morgan fingerprint density at radius 3 is 2.54 bits per heavy atom. The Morgan fingerprint density at radius 2 is 1.94 bits per heavy atom. The molecule has 0 aliphatic heterocycles. The van der Waals surface area contributed by atoms with E-state index in [4.69, 9.17) is 21.6 Å². The first kappa shape index (κ1) is 27.9. The molecule has 0 atom stereocenters. The van der Waals surface area contributed by atoms with Gasteiger partial charge in [0.2, 0.25) is 5.95 Å². The first-order valence-corrected chi connectivity index (χ1v) is 10.9. The van der Waals surface area contributed by atoms with Crippen LogP contribution in [0.5, 0.6) is 0 Å². The zero-order valence-corrected chi connectivity index (χ0v) is 20.2. The molecule has 3 rings (SSSR count). The number of hydrogen-bond donors (Lipinski definition) is 5. The van der Waals surface area contributed by atoms with Crippen LogP contribution in [-0.4, -0.2) is 42.6 Å². The normalized spacial score (nSPS) is 10.8. The van der Waals surface area contributed by atoms with Gasteiger partial charge in [-0.05, 0) is 35.9 Å². The second kappa shape index (κ2) is 12.9. The molecule has 0 unspecified atom stereocenters. The lowest BCUT2D eigenvalue weighted by Crippen LogP contribution is -2.24. The first-order valence-electron chi connectivity index (χ1n) is 10.4. The molecule has 0 radical (unpaired) electrons. The number of hydrogen-bond acceptors (Lipinski definition) is 9.